The van der Waals surface area contributed by atoms with Crippen molar-refractivity contribution in [3.8, 4) is 17.2 Å². The number of rotatable bonds is 3. The number of anilines is 1. The van der Waals surface area contributed by atoms with E-state index in [4.69, 9.17) is 15.2 Å². The Morgan fingerprint density at radius 2 is 1.50 bits per heavy atom. The molecular weight excluding hydrogens is 362 g/mol. The molecule has 94 valence electrons. The van der Waals surface area contributed by atoms with Crippen LogP contribution in [0.1, 0.15) is 0 Å². The highest BCUT2D eigenvalue weighted by Crippen LogP contribution is 2.38. The number of nitrogens with two attached hydrogens (primary N) is 1. The summed E-state index contributed by atoms with van der Waals surface area (Å²) in [6, 6.07) is 10.9. The minimum Gasteiger partial charge on any atom is -0.496 e. The predicted octanol–water partition coefficient (Wildman–Crippen LogP) is 4.59. The van der Waals surface area contributed by atoms with Gasteiger partial charge in [0, 0.05) is 5.69 Å². The summed E-state index contributed by atoms with van der Waals surface area (Å²) in [4.78, 5) is 0. The first-order chi connectivity index (χ1) is 8.60. The molecule has 0 aliphatic rings. The van der Waals surface area contributed by atoms with E-state index >= 15 is 0 Å². The number of methoxy groups -OCH3 is 1. The van der Waals surface area contributed by atoms with E-state index in [1.54, 1.807) is 19.2 Å². The second kappa shape index (κ2) is 5.63. The topological polar surface area (TPSA) is 44.5 Å². The van der Waals surface area contributed by atoms with Crippen molar-refractivity contribution in [2.75, 3.05) is 12.8 Å². The summed E-state index contributed by atoms with van der Waals surface area (Å²) in [5.74, 6) is 2.17. The molecule has 0 unspecified atom stereocenters. The van der Waals surface area contributed by atoms with Gasteiger partial charge in [-0.25, -0.2) is 0 Å². The molecule has 0 saturated carbocycles. The van der Waals surface area contributed by atoms with Crippen LogP contribution in [0.25, 0.3) is 0 Å². The molecule has 2 aromatic rings. The van der Waals surface area contributed by atoms with Crippen LogP contribution in [0.4, 0.5) is 5.69 Å². The zero-order valence-electron chi connectivity index (χ0n) is 9.61. The Kier molecular flexibility index (Phi) is 4.14. The number of hydrogen-bond donors (Lipinski definition) is 1. The summed E-state index contributed by atoms with van der Waals surface area (Å²) in [5, 5.41) is 0. The minimum absolute atomic E-state index is 0.701. The molecule has 0 atom stereocenters. The summed E-state index contributed by atoms with van der Waals surface area (Å²) in [6.45, 7) is 0. The average Bonchev–Trinajstić information content (AvgIpc) is 2.36. The molecule has 2 N–H and O–H groups in total. The van der Waals surface area contributed by atoms with Gasteiger partial charge in [-0.3, -0.25) is 0 Å². The summed E-state index contributed by atoms with van der Waals surface area (Å²) in [7, 11) is 1.62. The number of ether oxygens (including phenoxy) is 2. The molecule has 0 bridgehead atoms. The monoisotopic (exact) mass is 371 g/mol. The van der Waals surface area contributed by atoms with Gasteiger partial charge < -0.3 is 15.2 Å². The van der Waals surface area contributed by atoms with Crippen molar-refractivity contribution in [2.24, 2.45) is 0 Å². The van der Waals surface area contributed by atoms with E-state index in [1.807, 2.05) is 24.3 Å². The van der Waals surface area contributed by atoms with Crippen LogP contribution in [-0.2, 0) is 0 Å². The SMILES string of the molecule is COc1cc(Br)c(Oc2ccc(N)cc2)cc1Br. The van der Waals surface area contributed by atoms with Gasteiger partial charge in [0.1, 0.15) is 17.2 Å². The first-order valence-electron chi connectivity index (χ1n) is 5.16. The molecule has 0 heterocycles. The molecule has 3 nitrogen and oxygen atoms in total. The molecule has 0 aliphatic carbocycles. The van der Waals surface area contributed by atoms with Gasteiger partial charge in [0.25, 0.3) is 0 Å². The van der Waals surface area contributed by atoms with E-state index < -0.39 is 0 Å². The molecule has 0 aliphatic heterocycles. The normalized spacial score (nSPS) is 10.2. The van der Waals surface area contributed by atoms with Crippen LogP contribution in [0, 0.1) is 0 Å². The Hall–Kier alpha value is -1.20. The highest BCUT2D eigenvalue weighted by Gasteiger charge is 2.09. The highest BCUT2D eigenvalue weighted by atomic mass is 79.9. The third-order valence-electron chi connectivity index (χ3n) is 2.31. The van der Waals surface area contributed by atoms with E-state index in [1.165, 1.54) is 0 Å². The average molecular weight is 373 g/mol. The van der Waals surface area contributed by atoms with Crippen LogP contribution >= 0.6 is 31.9 Å². The van der Waals surface area contributed by atoms with Gasteiger partial charge >= 0.3 is 0 Å². The lowest BCUT2D eigenvalue weighted by molar-refractivity contribution is 0.409. The minimum atomic E-state index is 0.701. The van der Waals surface area contributed by atoms with E-state index in [0.717, 1.165) is 20.4 Å². The molecule has 0 fully saturated rings. The third-order valence-corrected chi connectivity index (χ3v) is 3.55. The van der Waals surface area contributed by atoms with Gasteiger partial charge in [-0.15, -0.1) is 0 Å². The molecule has 0 aromatic heterocycles. The molecule has 0 radical (unpaired) electrons. The molecule has 0 amide bonds. The molecule has 18 heavy (non-hydrogen) atoms. The van der Waals surface area contributed by atoms with E-state index in [0.29, 0.717) is 11.4 Å². The fraction of sp³-hybridized carbons (Fsp3) is 0.0769. The Labute approximate surface area is 122 Å². The fourth-order valence-corrected chi connectivity index (χ4v) is 2.30. The van der Waals surface area contributed by atoms with E-state index in [9.17, 15) is 0 Å². The van der Waals surface area contributed by atoms with Crippen molar-refractivity contribution in [1.29, 1.82) is 0 Å². The van der Waals surface area contributed by atoms with Gasteiger partial charge in [0.2, 0.25) is 0 Å². The number of halogens is 2. The lowest BCUT2D eigenvalue weighted by atomic mass is 10.3. The number of benzene rings is 2. The van der Waals surface area contributed by atoms with Crippen molar-refractivity contribution < 1.29 is 9.47 Å². The first-order valence-corrected chi connectivity index (χ1v) is 6.75. The van der Waals surface area contributed by atoms with Gasteiger partial charge in [0.05, 0.1) is 16.1 Å². The van der Waals surface area contributed by atoms with Gasteiger partial charge in [-0.1, -0.05) is 0 Å². The van der Waals surface area contributed by atoms with Crippen molar-refractivity contribution >= 4 is 37.5 Å². The van der Waals surface area contributed by atoms with Crippen molar-refractivity contribution in [3.63, 3.8) is 0 Å². The Morgan fingerprint density at radius 3 is 2.11 bits per heavy atom. The Balaban J connectivity index is 2.29. The van der Waals surface area contributed by atoms with Crippen molar-refractivity contribution in [3.05, 3.63) is 45.3 Å². The lowest BCUT2D eigenvalue weighted by Crippen LogP contribution is -1.90. The zero-order chi connectivity index (χ0) is 13.1. The van der Waals surface area contributed by atoms with Gasteiger partial charge in [0.15, 0.2) is 0 Å². The number of hydrogen-bond acceptors (Lipinski definition) is 3. The quantitative estimate of drug-likeness (QED) is 0.801. The third kappa shape index (κ3) is 2.97. The zero-order valence-corrected chi connectivity index (χ0v) is 12.8. The van der Waals surface area contributed by atoms with Crippen LogP contribution in [-0.4, -0.2) is 7.11 Å². The summed E-state index contributed by atoms with van der Waals surface area (Å²) >= 11 is 6.86. The highest BCUT2D eigenvalue weighted by molar-refractivity contribution is 9.11. The van der Waals surface area contributed by atoms with Crippen LogP contribution in [0.3, 0.4) is 0 Å². The van der Waals surface area contributed by atoms with Gasteiger partial charge in [-0.2, -0.15) is 0 Å². The van der Waals surface area contributed by atoms with E-state index in [-0.39, 0.29) is 0 Å². The Bertz CT molecular complexity index is 556. The molecule has 0 spiro atoms. The molecule has 2 aromatic carbocycles. The van der Waals surface area contributed by atoms with Crippen LogP contribution in [0.2, 0.25) is 0 Å². The van der Waals surface area contributed by atoms with Crippen molar-refractivity contribution in [2.45, 2.75) is 0 Å². The second-order valence-electron chi connectivity index (χ2n) is 3.59. The fourth-order valence-electron chi connectivity index (χ4n) is 1.41. The smallest absolute Gasteiger partial charge is 0.143 e. The van der Waals surface area contributed by atoms with Crippen LogP contribution in [0.5, 0.6) is 17.2 Å². The Morgan fingerprint density at radius 1 is 0.944 bits per heavy atom. The largest absolute Gasteiger partial charge is 0.496 e. The molecule has 0 saturated heterocycles. The molecular formula is C13H11Br2NO2. The van der Waals surface area contributed by atoms with E-state index in [2.05, 4.69) is 31.9 Å². The van der Waals surface area contributed by atoms with Crippen molar-refractivity contribution in [1.82, 2.24) is 0 Å². The lowest BCUT2D eigenvalue weighted by Gasteiger charge is -2.11. The summed E-state index contributed by atoms with van der Waals surface area (Å²) in [5.41, 5.74) is 6.33. The predicted molar refractivity (Wildman–Crippen MR) is 79.3 cm³/mol. The van der Waals surface area contributed by atoms with Crippen LogP contribution in [0.15, 0.2) is 45.3 Å². The molecule has 5 heteroatoms. The number of nitrogen functional groups attached to an aromatic ring is 1. The summed E-state index contributed by atoms with van der Waals surface area (Å²) < 4.78 is 12.6. The van der Waals surface area contributed by atoms with Crippen LogP contribution < -0.4 is 15.2 Å². The second-order valence-corrected chi connectivity index (χ2v) is 5.30. The standard InChI is InChI=1S/C13H11Br2NO2/c1-17-12-6-11(15)13(7-10(12)14)18-9-4-2-8(16)3-5-9/h2-7H,16H2,1H3. The maximum Gasteiger partial charge on any atom is 0.143 e. The maximum absolute atomic E-state index is 5.76. The maximum atomic E-state index is 5.76. The summed E-state index contributed by atoms with van der Waals surface area (Å²) in [6.07, 6.45) is 0. The molecule has 2 rings (SSSR count). The van der Waals surface area contributed by atoms with Gasteiger partial charge in [-0.05, 0) is 68.3 Å². The first kappa shape index (κ1) is 13.2.